The molecule has 1 saturated heterocycles. The van der Waals surface area contributed by atoms with Crippen LogP contribution in [-0.4, -0.2) is 40.4 Å². The van der Waals surface area contributed by atoms with Gasteiger partial charge in [0.1, 0.15) is 5.82 Å². The van der Waals surface area contributed by atoms with E-state index in [0.29, 0.717) is 12.1 Å². The van der Waals surface area contributed by atoms with Gasteiger partial charge < -0.3 is 5.32 Å². The fourth-order valence-electron chi connectivity index (χ4n) is 3.58. The molecule has 5 nitrogen and oxygen atoms in total. The summed E-state index contributed by atoms with van der Waals surface area (Å²) in [5, 5.41) is 3.10. The van der Waals surface area contributed by atoms with Crippen LogP contribution in [0.3, 0.4) is 0 Å². The minimum atomic E-state index is -0.110. The van der Waals surface area contributed by atoms with E-state index in [0.717, 1.165) is 18.9 Å². The van der Waals surface area contributed by atoms with E-state index in [2.05, 4.69) is 44.5 Å². The van der Waals surface area contributed by atoms with E-state index in [1.54, 1.807) is 12.4 Å². The highest BCUT2D eigenvalue weighted by Gasteiger charge is 2.22. The van der Waals surface area contributed by atoms with E-state index in [9.17, 15) is 4.79 Å². The molecule has 1 atom stereocenters. The standard InChI is InChI=1S/C22H30N4O/c1-17(2)21-23-14-19(15-24-21)22(27)25-16-20(18-10-6-5-7-11-18)26-12-8-3-4-9-13-26/h5-7,10-11,14-15,17,20H,3-4,8-9,12-13,16H2,1-2H3,(H,25,27). The molecule has 0 aliphatic carbocycles. The molecule has 144 valence electrons. The van der Waals surface area contributed by atoms with Crippen molar-refractivity contribution >= 4 is 5.91 Å². The van der Waals surface area contributed by atoms with Gasteiger partial charge in [0.15, 0.2) is 0 Å². The van der Waals surface area contributed by atoms with Crippen molar-refractivity contribution in [2.75, 3.05) is 19.6 Å². The maximum Gasteiger partial charge on any atom is 0.254 e. The summed E-state index contributed by atoms with van der Waals surface area (Å²) in [7, 11) is 0. The number of likely N-dealkylation sites (tertiary alicyclic amines) is 1. The highest BCUT2D eigenvalue weighted by molar-refractivity contribution is 5.93. The van der Waals surface area contributed by atoms with Gasteiger partial charge >= 0.3 is 0 Å². The lowest BCUT2D eigenvalue weighted by Gasteiger charge is -2.31. The average molecular weight is 367 g/mol. The van der Waals surface area contributed by atoms with Crippen molar-refractivity contribution in [3.8, 4) is 0 Å². The Morgan fingerprint density at radius 2 is 1.67 bits per heavy atom. The summed E-state index contributed by atoms with van der Waals surface area (Å²) in [6.45, 7) is 6.85. The van der Waals surface area contributed by atoms with Crippen molar-refractivity contribution in [1.29, 1.82) is 0 Å². The van der Waals surface area contributed by atoms with Crippen molar-refractivity contribution in [3.05, 3.63) is 59.7 Å². The molecule has 1 fully saturated rings. The van der Waals surface area contributed by atoms with Crippen LogP contribution < -0.4 is 5.32 Å². The van der Waals surface area contributed by atoms with Gasteiger partial charge in [0, 0.05) is 24.9 Å². The number of benzene rings is 1. The van der Waals surface area contributed by atoms with Gasteiger partial charge in [-0.15, -0.1) is 0 Å². The lowest BCUT2D eigenvalue weighted by Crippen LogP contribution is -2.38. The quantitative estimate of drug-likeness (QED) is 0.841. The summed E-state index contributed by atoms with van der Waals surface area (Å²) in [5.41, 5.74) is 1.77. The van der Waals surface area contributed by atoms with E-state index in [4.69, 9.17) is 0 Å². The first-order chi connectivity index (χ1) is 13.1. The largest absolute Gasteiger partial charge is 0.350 e. The van der Waals surface area contributed by atoms with Crippen molar-refractivity contribution in [2.24, 2.45) is 0 Å². The van der Waals surface area contributed by atoms with E-state index in [1.807, 2.05) is 19.9 Å². The second-order valence-electron chi connectivity index (χ2n) is 7.57. The number of nitrogens with zero attached hydrogens (tertiary/aromatic N) is 3. The van der Waals surface area contributed by atoms with Crippen LogP contribution in [0.25, 0.3) is 0 Å². The predicted molar refractivity (Wildman–Crippen MR) is 108 cm³/mol. The monoisotopic (exact) mass is 366 g/mol. The average Bonchev–Trinajstić information content (AvgIpc) is 2.98. The number of hydrogen-bond acceptors (Lipinski definition) is 4. The number of nitrogens with one attached hydrogen (secondary N) is 1. The molecular formula is C22H30N4O. The second-order valence-corrected chi connectivity index (χ2v) is 7.57. The van der Waals surface area contributed by atoms with Crippen LogP contribution in [0.5, 0.6) is 0 Å². The van der Waals surface area contributed by atoms with Crippen LogP contribution in [0, 0.1) is 0 Å². The second kappa shape index (κ2) is 9.60. The summed E-state index contributed by atoms with van der Waals surface area (Å²) >= 11 is 0. The van der Waals surface area contributed by atoms with E-state index in [-0.39, 0.29) is 17.9 Å². The molecule has 3 rings (SSSR count). The first kappa shape index (κ1) is 19.5. The molecular weight excluding hydrogens is 336 g/mol. The lowest BCUT2D eigenvalue weighted by molar-refractivity contribution is 0.0932. The van der Waals surface area contributed by atoms with Gasteiger partial charge in [-0.2, -0.15) is 0 Å². The topological polar surface area (TPSA) is 58.1 Å². The fraction of sp³-hybridized carbons (Fsp3) is 0.500. The Morgan fingerprint density at radius 3 is 2.26 bits per heavy atom. The molecule has 0 saturated carbocycles. The van der Waals surface area contributed by atoms with Crippen LogP contribution in [0.2, 0.25) is 0 Å². The molecule has 0 bridgehead atoms. The maximum absolute atomic E-state index is 12.6. The smallest absolute Gasteiger partial charge is 0.254 e. The van der Waals surface area contributed by atoms with Crippen molar-refractivity contribution in [1.82, 2.24) is 20.2 Å². The summed E-state index contributed by atoms with van der Waals surface area (Å²) in [6, 6.07) is 10.7. The van der Waals surface area contributed by atoms with E-state index < -0.39 is 0 Å². The lowest BCUT2D eigenvalue weighted by atomic mass is 10.0. The SMILES string of the molecule is CC(C)c1ncc(C(=O)NCC(c2ccccc2)N2CCCCCC2)cn1. The number of carbonyl (C=O) groups excluding carboxylic acids is 1. The number of aromatic nitrogens is 2. The van der Waals surface area contributed by atoms with Gasteiger partial charge in [-0.3, -0.25) is 9.69 Å². The number of carbonyl (C=O) groups is 1. The molecule has 2 heterocycles. The summed E-state index contributed by atoms with van der Waals surface area (Å²) < 4.78 is 0. The number of hydrogen-bond donors (Lipinski definition) is 1. The van der Waals surface area contributed by atoms with Crippen LogP contribution in [0.1, 0.15) is 73.2 Å². The summed E-state index contributed by atoms with van der Waals surface area (Å²) in [4.78, 5) is 23.7. The minimum absolute atomic E-state index is 0.110. The molecule has 27 heavy (non-hydrogen) atoms. The highest BCUT2D eigenvalue weighted by Crippen LogP contribution is 2.23. The van der Waals surface area contributed by atoms with Crippen molar-refractivity contribution in [3.63, 3.8) is 0 Å². The molecule has 1 aromatic carbocycles. The number of amides is 1. The molecule has 2 aromatic rings. The van der Waals surface area contributed by atoms with Gasteiger partial charge in [-0.1, -0.05) is 57.0 Å². The van der Waals surface area contributed by atoms with Crippen molar-refractivity contribution in [2.45, 2.75) is 51.5 Å². The molecule has 0 radical (unpaired) electrons. The normalized spacial score (nSPS) is 16.7. The molecule has 5 heteroatoms. The third kappa shape index (κ3) is 5.36. The van der Waals surface area contributed by atoms with Gasteiger partial charge in [-0.05, 0) is 31.5 Å². The Hall–Kier alpha value is -2.27. The van der Waals surface area contributed by atoms with Gasteiger partial charge in [0.2, 0.25) is 0 Å². The van der Waals surface area contributed by atoms with Crippen LogP contribution in [0.15, 0.2) is 42.7 Å². The van der Waals surface area contributed by atoms with Crippen LogP contribution in [-0.2, 0) is 0 Å². The van der Waals surface area contributed by atoms with Gasteiger partial charge in [0.25, 0.3) is 5.91 Å². The van der Waals surface area contributed by atoms with Crippen LogP contribution in [0.4, 0.5) is 0 Å². The first-order valence-electron chi connectivity index (χ1n) is 10.0. The van der Waals surface area contributed by atoms with Crippen LogP contribution >= 0.6 is 0 Å². The zero-order chi connectivity index (χ0) is 19.1. The van der Waals surface area contributed by atoms with Gasteiger partial charge in [0.05, 0.1) is 11.6 Å². The Morgan fingerprint density at radius 1 is 1.04 bits per heavy atom. The zero-order valence-corrected chi connectivity index (χ0v) is 16.4. The molecule has 1 amide bonds. The molecule has 1 aromatic heterocycles. The third-order valence-corrected chi connectivity index (χ3v) is 5.17. The first-order valence-corrected chi connectivity index (χ1v) is 10.0. The Labute approximate surface area is 162 Å². The minimum Gasteiger partial charge on any atom is -0.350 e. The molecule has 0 spiro atoms. The molecule has 1 aliphatic rings. The highest BCUT2D eigenvalue weighted by atomic mass is 16.1. The van der Waals surface area contributed by atoms with E-state index in [1.165, 1.54) is 31.2 Å². The van der Waals surface area contributed by atoms with Crippen molar-refractivity contribution < 1.29 is 4.79 Å². The Balaban J connectivity index is 1.69. The van der Waals surface area contributed by atoms with E-state index >= 15 is 0 Å². The molecule has 1 aliphatic heterocycles. The number of rotatable bonds is 6. The Bertz CT molecular complexity index is 707. The maximum atomic E-state index is 12.6. The molecule has 1 N–H and O–H groups in total. The third-order valence-electron chi connectivity index (χ3n) is 5.17. The summed E-state index contributed by atoms with van der Waals surface area (Å²) in [5.74, 6) is 0.909. The summed E-state index contributed by atoms with van der Waals surface area (Å²) in [6.07, 6.45) is 8.29. The molecule has 1 unspecified atom stereocenters. The van der Waals surface area contributed by atoms with Gasteiger partial charge in [-0.25, -0.2) is 9.97 Å². The zero-order valence-electron chi connectivity index (χ0n) is 16.4. The predicted octanol–water partition coefficient (Wildman–Crippen LogP) is 3.95. The Kier molecular flexibility index (Phi) is 6.93. The fourth-order valence-corrected chi connectivity index (χ4v) is 3.58.